The lowest BCUT2D eigenvalue weighted by Gasteiger charge is -2.51. The van der Waals surface area contributed by atoms with Crippen molar-refractivity contribution in [1.29, 1.82) is 0 Å². The fourth-order valence-electron chi connectivity index (χ4n) is 4.92. The summed E-state index contributed by atoms with van der Waals surface area (Å²) in [7, 11) is 0. The first-order valence-electron chi connectivity index (χ1n) is 9.49. The minimum absolute atomic E-state index is 0.0366. The third-order valence-electron chi connectivity index (χ3n) is 6.71. The molecule has 2 N–H and O–H groups in total. The summed E-state index contributed by atoms with van der Waals surface area (Å²) in [6.45, 7) is 0.599. The van der Waals surface area contributed by atoms with Crippen molar-refractivity contribution in [2.45, 2.75) is 19.0 Å². The number of thiazole rings is 1. The van der Waals surface area contributed by atoms with Gasteiger partial charge in [0, 0.05) is 37.7 Å². The van der Waals surface area contributed by atoms with Gasteiger partial charge in [0.2, 0.25) is 11.8 Å². The summed E-state index contributed by atoms with van der Waals surface area (Å²) in [5.41, 5.74) is 5.28. The number of halogens is 4. The van der Waals surface area contributed by atoms with Gasteiger partial charge in [-0.1, -0.05) is 0 Å². The maximum atomic E-state index is 14.1. The van der Waals surface area contributed by atoms with E-state index in [4.69, 9.17) is 5.73 Å². The van der Waals surface area contributed by atoms with Crippen molar-refractivity contribution < 1.29 is 27.2 Å². The largest absolute Gasteiger partial charge is 0.403 e. The smallest absolute Gasteiger partial charge is 0.369 e. The molecule has 1 spiro atoms. The average Bonchev–Trinajstić information content (AvgIpc) is 3.16. The Hall–Kier alpha value is -2.43. The number of anilines is 1. The molecule has 3 aliphatic rings. The Kier molecular flexibility index (Phi) is 3.94. The van der Waals surface area contributed by atoms with E-state index in [9.17, 15) is 27.2 Å². The molecule has 2 amide bonds. The molecule has 0 bridgehead atoms. The summed E-state index contributed by atoms with van der Waals surface area (Å²) < 4.78 is 54.8. The van der Waals surface area contributed by atoms with Gasteiger partial charge in [-0.15, -0.1) is 11.3 Å². The van der Waals surface area contributed by atoms with Crippen LogP contribution in [0.25, 0.3) is 10.2 Å². The number of hydrogen-bond donors (Lipinski definition) is 1. The molecule has 1 aromatic carbocycles. The molecule has 2 saturated heterocycles. The first-order chi connectivity index (χ1) is 14.1. The number of rotatable bonds is 3. The van der Waals surface area contributed by atoms with Gasteiger partial charge in [0.25, 0.3) is 0 Å². The van der Waals surface area contributed by atoms with Crippen molar-refractivity contribution in [1.82, 2.24) is 9.88 Å². The molecule has 11 heteroatoms. The standard InChI is InChI=1S/C19H18F4N4O2S/c20-10-3-12-14(30-9-25-12)13(4-10)26-5-11(15(24)28)17(6-26)7-27(8-17)16(29)18(1-2-18)19(21,22)23/h3-4,9,11H,1-2,5-8H2,(H2,24,28). The number of hydrogen-bond acceptors (Lipinski definition) is 5. The van der Waals surface area contributed by atoms with Gasteiger partial charge in [0.15, 0.2) is 0 Å². The molecule has 3 heterocycles. The van der Waals surface area contributed by atoms with Crippen molar-refractivity contribution in [3.63, 3.8) is 0 Å². The van der Waals surface area contributed by atoms with E-state index in [1.807, 2.05) is 4.90 Å². The summed E-state index contributed by atoms with van der Waals surface area (Å²) >= 11 is 1.34. The lowest BCUT2D eigenvalue weighted by molar-refractivity contribution is -0.205. The van der Waals surface area contributed by atoms with Gasteiger partial charge < -0.3 is 15.5 Å². The second-order valence-electron chi connectivity index (χ2n) is 8.56. The predicted octanol–water partition coefficient (Wildman–Crippen LogP) is 2.53. The number of benzene rings is 1. The second kappa shape index (κ2) is 6.05. The van der Waals surface area contributed by atoms with Gasteiger partial charge in [0.05, 0.1) is 27.3 Å². The Balaban J connectivity index is 1.41. The van der Waals surface area contributed by atoms with Crippen LogP contribution in [0.5, 0.6) is 0 Å². The Morgan fingerprint density at radius 1 is 1.20 bits per heavy atom. The molecular formula is C19H18F4N4O2S. The molecule has 160 valence electrons. The molecule has 2 aliphatic heterocycles. The SMILES string of the molecule is NC(=O)C1CN(c2cc(F)cc3ncsc23)CC12CN(C(=O)C1(C(F)(F)F)CC1)C2. The Labute approximate surface area is 172 Å². The van der Waals surface area contributed by atoms with Crippen LogP contribution in [-0.2, 0) is 9.59 Å². The van der Waals surface area contributed by atoms with Gasteiger partial charge in [-0.2, -0.15) is 13.2 Å². The van der Waals surface area contributed by atoms with Gasteiger partial charge in [0.1, 0.15) is 11.2 Å². The minimum Gasteiger partial charge on any atom is -0.369 e. The third kappa shape index (κ3) is 2.63. The van der Waals surface area contributed by atoms with Crippen LogP contribution >= 0.6 is 11.3 Å². The van der Waals surface area contributed by atoms with Crippen molar-refractivity contribution in [2.24, 2.45) is 22.5 Å². The van der Waals surface area contributed by atoms with Crippen molar-refractivity contribution in [3.05, 3.63) is 23.5 Å². The highest BCUT2D eigenvalue weighted by molar-refractivity contribution is 7.17. The molecule has 3 fully saturated rings. The molecule has 1 saturated carbocycles. The lowest BCUT2D eigenvalue weighted by Crippen LogP contribution is -2.65. The Bertz CT molecular complexity index is 1060. The predicted molar refractivity (Wildman–Crippen MR) is 101 cm³/mol. The number of alkyl halides is 3. The number of carbonyl (C=O) groups excluding carboxylic acids is 2. The number of nitrogens with zero attached hydrogens (tertiary/aromatic N) is 3. The van der Waals surface area contributed by atoms with Crippen LogP contribution in [0.15, 0.2) is 17.6 Å². The number of amides is 2. The molecule has 1 unspecified atom stereocenters. The van der Waals surface area contributed by atoms with E-state index in [1.165, 1.54) is 28.4 Å². The third-order valence-corrected chi connectivity index (χ3v) is 7.57. The first-order valence-corrected chi connectivity index (χ1v) is 10.4. The molecule has 30 heavy (non-hydrogen) atoms. The molecule has 0 radical (unpaired) electrons. The van der Waals surface area contributed by atoms with E-state index in [0.29, 0.717) is 17.7 Å². The Morgan fingerprint density at radius 2 is 1.90 bits per heavy atom. The number of primary amides is 1. The highest BCUT2D eigenvalue weighted by atomic mass is 32.1. The molecule has 2 aromatic rings. The van der Waals surface area contributed by atoms with Crippen LogP contribution in [0.1, 0.15) is 12.8 Å². The van der Waals surface area contributed by atoms with Gasteiger partial charge in [-0.25, -0.2) is 9.37 Å². The van der Waals surface area contributed by atoms with Crippen LogP contribution in [-0.4, -0.2) is 54.1 Å². The first kappa shape index (κ1) is 19.5. The fourth-order valence-corrected chi connectivity index (χ4v) is 5.73. The van der Waals surface area contributed by atoms with Crippen molar-refractivity contribution >= 4 is 39.1 Å². The van der Waals surface area contributed by atoms with Crippen LogP contribution in [0, 0.1) is 22.6 Å². The number of fused-ring (bicyclic) bond motifs is 1. The topological polar surface area (TPSA) is 79.5 Å². The van der Waals surface area contributed by atoms with Crippen LogP contribution < -0.4 is 10.6 Å². The number of nitrogens with two attached hydrogens (primary N) is 1. The summed E-state index contributed by atoms with van der Waals surface area (Å²) in [6, 6.07) is 2.69. The monoisotopic (exact) mass is 442 g/mol. The normalized spacial score (nSPS) is 24.3. The van der Waals surface area contributed by atoms with E-state index in [-0.39, 0.29) is 32.5 Å². The molecule has 1 atom stereocenters. The zero-order valence-electron chi connectivity index (χ0n) is 15.7. The number of aromatic nitrogens is 1. The summed E-state index contributed by atoms with van der Waals surface area (Å²) in [6.07, 6.45) is -4.97. The quantitative estimate of drug-likeness (QED) is 0.741. The molecule has 1 aliphatic carbocycles. The zero-order valence-corrected chi connectivity index (χ0v) is 16.5. The van der Waals surface area contributed by atoms with Gasteiger partial charge >= 0.3 is 6.18 Å². The Morgan fingerprint density at radius 3 is 2.50 bits per heavy atom. The fraction of sp³-hybridized carbons (Fsp3) is 0.526. The van der Waals surface area contributed by atoms with Crippen LogP contribution in [0.2, 0.25) is 0 Å². The lowest BCUT2D eigenvalue weighted by atomic mass is 9.70. The van der Waals surface area contributed by atoms with Gasteiger partial charge in [-0.3, -0.25) is 9.59 Å². The number of carbonyl (C=O) groups is 2. The van der Waals surface area contributed by atoms with Crippen molar-refractivity contribution in [2.75, 3.05) is 31.1 Å². The maximum Gasteiger partial charge on any atom is 0.403 e. The van der Waals surface area contributed by atoms with E-state index < -0.39 is 40.6 Å². The summed E-state index contributed by atoms with van der Waals surface area (Å²) in [5.74, 6) is -2.60. The number of likely N-dealkylation sites (tertiary alicyclic amines) is 1. The van der Waals surface area contributed by atoms with Crippen LogP contribution in [0.4, 0.5) is 23.2 Å². The van der Waals surface area contributed by atoms with E-state index in [1.54, 1.807) is 5.51 Å². The van der Waals surface area contributed by atoms with E-state index >= 15 is 0 Å². The summed E-state index contributed by atoms with van der Waals surface area (Å²) in [4.78, 5) is 31.8. The summed E-state index contributed by atoms with van der Waals surface area (Å²) in [5, 5.41) is 0. The van der Waals surface area contributed by atoms with Crippen LogP contribution in [0.3, 0.4) is 0 Å². The average molecular weight is 442 g/mol. The highest BCUT2D eigenvalue weighted by Crippen LogP contribution is 2.60. The van der Waals surface area contributed by atoms with Gasteiger partial charge in [-0.05, 0) is 18.9 Å². The molecular weight excluding hydrogens is 424 g/mol. The second-order valence-corrected chi connectivity index (χ2v) is 9.42. The van der Waals surface area contributed by atoms with E-state index in [2.05, 4.69) is 4.98 Å². The highest BCUT2D eigenvalue weighted by Gasteiger charge is 2.71. The maximum absolute atomic E-state index is 14.1. The zero-order chi connectivity index (χ0) is 21.5. The van der Waals surface area contributed by atoms with E-state index in [0.717, 1.165) is 4.70 Å². The minimum atomic E-state index is -4.57. The van der Waals surface area contributed by atoms with Crippen molar-refractivity contribution in [3.8, 4) is 0 Å². The molecule has 5 rings (SSSR count). The molecule has 1 aromatic heterocycles. The molecule has 6 nitrogen and oxygen atoms in total.